The average molecular weight is 707 g/mol. The van der Waals surface area contributed by atoms with E-state index < -0.39 is 28.5 Å². The summed E-state index contributed by atoms with van der Waals surface area (Å²) in [5.74, 6) is -0.863. The van der Waals surface area contributed by atoms with E-state index in [9.17, 15) is 18.0 Å². The molecule has 0 aromatic heterocycles. The monoisotopic (exact) mass is 705 g/mol. The van der Waals surface area contributed by atoms with Crippen LogP contribution in [-0.2, 0) is 32.6 Å². The number of nitrogens with one attached hydrogen (secondary N) is 1. The topological polar surface area (TPSA) is 86.8 Å². The van der Waals surface area contributed by atoms with Gasteiger partial charge in [-0.05, 0) is 73.7 Å². The molecule has 10 heteroatoms. The molecule has 0 radical (unpaired) electrons. The maximum absolute atomic E-state index is 14.8. The Hall–Kier alpha value is -3.85. The molecule has 0 spiro atoms. The number of halogens is 2. The van der Waals surface area contributed by atoms with Crippen LogP contribution < -0.4 is 9.62 Å². The average Bonchev–Trinajstić information content (AvgIpc) is 3.08. The van der Waals surface area contributed by atoms with Crippen LogP contribution in [0.25, 0.3) is 0 Å². The maximum Gasteiger partial charge on any atom is 0.264 e. The molecule has 48 heavy (non-hydrogen) atoms. The smallest absolute Gasteiger partial charge is 0.264 e. The molecule has 0 unspecified atom stereocenters. The van der Waals surface area contributed by atoms with Gasteiger partial charge in [-0.15, -0.1) is 0 Å². The van der Waals surface area contributed by atoms with E-state index in [2.05, 4.69) is 5.32 Å². The molecule has 0 heterocycles. The number of hydrogen-bond donors (Lipinski definition) is 1. The molecular formula is C38H41Cl2N3O4S. The highest BCUT2D eigenvalue weighted by Crippen LogP contribution is 2.31. The Morgan fingerprint density at radius 1 is 0.833 bits per heavy atom. The summed E-state index contributed by atoms with van der Waals surface area (Å²) in [7, 11) is -4.21. The summed E-state index contributed by atoms with van der Waals surface area (Å²) in [4.78, 5) is 30.6. The van der Waals surface area contributed by atoms with Gasteiger partial charge in [0.05, 0.1) is 10.6 Å². The Balaban J connectivity index is 1.61. The first-order valence-corrected chi connectivity index (χ1v) is 18.5. The number of amides is 2. The lowest BCUT2D eigenvalue weighted by Gasteiger charge is -2.35. The molecule has 4 aromatic carbocycles. The SMILES string of the molecule is Cc1ccc(C)c(N(CC(=O)N(Cc2c(Cl)cccc2Cl)[C@@H](Cc2ccccc2)C(=O)NC2CCCCC2)S(=O)(=O)c2ccccc2)c1. The number of nitrogens with zero attached hydrogens (tertiary/aromatic N) is 2. The summed E-state index contributed by atoms with van der Waals surface area (Å²) in [6.07, 6.45) is 5.11. The van der Waals surface area contributed by atoms with E-state index in [4.69, 9.17) is 23.2 Å². The number of aryl methyl sites for hydroxylation is 2. The Morgan fingerprint density at radius 3 is 2.10 bits per heavy atom. The molecule has 1 aliphatic carbocycles. The molecule has 0 bridgehead atoms. The van der Waals surface area contributed by atoms with Crippen LogP contribution in [0, 0.1) is 13.8 Å². The van der Waals surface area contributed by atoms with Crippen molar-refractivity contribution in [3.63, 3.8) is 0 Å². The van der Waals surface area contributed by atoms with Gasteiger partial charge in [0, 0.05) is 34.6 Å². The van der Waals surface area contributed by atoms with E-state index in [1.165, 1.54) is 17.0 Å². The number of carbonyl (C=O) groups excluding carboxylic acids is 2. The predicted molar refractivity (Wildman–Crippen MR) is 193 cm³/mol. The molecule has 0 aliphatic heterocycles. The predicted octanol–water partition coefficient (Wildman–Crippen LogP) is 7.89. The molecule has 1 saturated carbocycles. The third-order valence-electron chi connectivity index (χ3n) is 8.86. The molecule has 4 aromatic rings. The zero-order chi connectivity index (χ0) is 34.3. The summed E-state index contributed by atoms with van der Waals surface area (Å²) >= 11 is 13.3. The van der Waals surface area contributed by atoms with Crippen LogP contribution in [0.1, 0.15) is 54.4 Å². The molecule has 0 saturated heterocycles. The number of rotatable bonds is 12. The third-order valence-corrected chi connectivity index (χ3v) is 11.3. The van der Waals surface area contributed by atoms with Gasteiger partial charge in [0.15, 0.2) is 0 Å². The molecule has 5 rings (SSSR count). The fourth-order valence-electron chi connectivity index (χ4n) is 6.17. The first kappa shape index (κ1) is 35.5. The Bertz CT molecular complexity index is 1810. The maximum atomic E-state index is 14.8. The summed E-state index contributed by atoms with van der Waals surface area (Å²) in [6, 6.07) is 27.1. The lowest BCUT2D eigenvalue weighted by molar-refractivity contribution is -0.140. The molecule has 252 valence electrons. The van der Waals surface area contributed by atoms with E-state index >= 15 is 0 Å². The molecule has 1 N–H and O–H groups in total. The van der Waals surface area contributed by atoms with Crippen LogP contribution >= 0.6 is 23.2 Å². The number of carbonyl (C=O) groups is 2. The third kappa shape index (κ3) is 8.59. The fraction of sp³-hybridized carbons (Fsp3) is 0.316. The van der Waals surface area contributed by atoms with Gasteiger partial charge in [0.1, 0.15) is 12.6 Å². The number of hydrogen-bond acceptors (Lipinski definition) is 4. The van der Waals surface area contributed by atoms with Gasteiger partial charge in [-0.3, -0.25) is 13.9 Å². The van der Waals surface area contributed by atoms with Crippen LogP contribution in [-0.4, -0.2) is 43.8 Å². The largest absolute Gasteiger partial charge is 0.352 e. The van der Waals surface area contributed by atoms with Crippen molar-refractivity contribution in [3.05, 3.63) is 129 Å². The normalized spacial score (nSPS) is 14.2. The zero-order valence-corrected chi connectivity index (χ0v) is 29.6. The lowest BCUT2D eigenvalue weighted by Crippen LogP contribution is -2.55. The van der Waals surface area contributed by atoms with Gasteiger partial charge in [0.2, 0.25) is 11.8 Å². The summed E-state index contributed by atoms with van der Waals surface area (Å²) < 4.78 is 29.8. The first-order chi connectivity index (χ1) is 23.0. The van der Waals surface area contributed by atoms with Crippen molar-refractivity contribution < 1.29 is 18.0 Å². The molecular weight excluding hydrogens is 665 g/mol. The van der Waals surface area contributed by atoms with Gasteiger partial charge in [-0.1, -0.05) is 109 Å². The van der Waals surface area contributed by atoms with Gasteiger partial charge in [-0.25, -0.2) is 8.42 Å². The van der Waals surface area contributed by atoms with E-state index in [0.29, 0.717) is 26.9 Å². The quantitative estimate of drug-likeness (QED) is 0.162. The van der Waals surface area contributed by atoms with E-state index in [1.807, 2.05) is 56.3 Å². The molecule has 1 aliphatic rings. The van der Waals surface area contributed by atoms with Crippen molar-refractivity contribution in [1.29, 1.82) is 0 Å². The second-order valence-electron chi connectivity index (χ2n) is 12.4. The minimum absolute atomic E-state index is 0.00437. The van der Waals surface area contributed by atoms with Crippen LogP contribution in [0.4, 0.5) is 5.69 Å². The van der Waals surface area contributed by atoms with Gasteiger partial charge in [-0.2, -0.15) is 0 Å². The summed E-state index contributed by atoms with van der Waals surface area (Å²) in [6.45, 7) is 3.03. The number of benzene rings is 4. The first-order valence-electron chi connectivity index (χ1n) is 16.3. The highest BCUT2D eigenvalue weighted by molar-refractivity contribution is 7.92. The highest BCUT2D eigenvalue weighted by Gasteiger charge is 2.36. The van der Waals surface area contributed by atoms with E-state index in [-0.39, 0.29) is 29.8 Å². The van der Waals surface area contributed by atoms with Gasteiger partial charge in [0.25, 0.3) is 10.0 Å². The minimum atomic E-state index is -4.21. The van der Waals surface area contributed by atoms with Crippen molar-refractivity contribution in [1.82, 2.24) is 10.2 Å². The molecule has 2 amide bonds. The lowest BCUT2D eigenvalue weighted by atomic mass is 9.94. The van der Waals surface area contributed by atoms with Crippen LogP contribution in [0.2, 0.25) is 10.0 Å². The van der Waals surface area contributed by atoms with Crippen LogP contribution in [0.5, 0.6) is 0 Å². The number of sulfonamides is 1. The second kappa shape index (κ2) is 16.0. The Kier molecular flexibility index (Phi) is 11.8. The van der Waals surface area contributed by atoms with Crippen molar-refractivity contribution in [2.75, 3.05) is 10.8 Å². The van der Waals surface area contributed by atoms with Crippen molar-refractivity contribution >= 4 is 50.7 Å². The number of anilines is 1. The summed E-state index contributed by atoms with van der Waals surface area (Å²) in [5, 5.41) is 3.90. The highest BCUT2D eigenvalue weighted by atomic mass is 35.5. The summed E-state index contributed by atoms with van der Waals surface area (Å²) in [5.41, 5.74) is 3.23. The zero-order valence-electron chi connectivity index (χ0n) is 27.2. The second-order valence-corrected chi connectivity index (χ2v) is 15.1. The van der Waals surface area contributed by atoms with Crippen LogP contribution in [0.3, 0.4) is 0 Å². The molecule has 1 fully saturated rings. The van der Waals surface area contributed by atoms with E-state index in [1.54, 1.807) is 42.5 Å². The minimum Gasteiger partial charge on any atom is -0.352 e. The van der Waals surface area contributed by atoms with Crippen molar-refractivity contribution in [2.24, 2.45) is 0 Å². The van der Waals surface area contributed by atoms with Gasteiger partial charge < -0.3 is 10.2 Å². The Morgan fingerprint density at radius 2 is 1.46 bits per heavy atom. The standard InChI is InChI=1S/C38H41Cl2N3O4S/c1-27-21-22-28(2)35(23-27)43(48(46,47)31-17-10-5-11-18-31)26-37(44)42(25-32-33(39)19-12-20-34(32)40)36(24-29-13-6-3-7-14-29)38(45)41-30-15-8-4-9-16-30/h3,5-7,10-14,17-23,30,36H,4,8-9,15-16,24-26H2,1-2H3,(H,41,45)/t36-/m0/s1. The van der Waals surface area contributed by atoms with Crippen molar-refractivity contribution in [2.45, 2.75) is 75.9 Å². The molecule has 1 atom stereocenters. The van der Waals surface area contributed by atoms with Gasteiger partial charge >= 0.3 is 0 Å². The van der Waals surface area contributed by atoms with E-state index in [0.717, 1.165) is 47.5 Å². The van der Waals surface area contributed by atoms with Crippen LogP contribution in [0.15, 0.2) is 102 Å². The fourth-order valence-corrected chi connectivity index (χ4v) is 8.18. The molecule has 7 nitrogen and oxygen atoms in total. The Labute approximate surface area is 293 Å². The van der Waals surface area contributed by atoms with Crippen molar-refractivity contribution in [3.8, 4) is 0 Å².